The van der Waals surface area contributed by atoms with Crippen molar-refractivity contribution in [2.24, 2.45) is 0 Å². The first-order chi connectivity index (χ1) is 8.31. The Labute approximate surface area is 103 Å². The standard InChI is InChI=1S/C11H12N4OS/c12-8-3-4-10(13-5-8)17-6-9-14-11(16-15-9)7-1-2-7/h3-5,7H,1-2,6,12H2. The van der Waals surface area contributed by atoms with Crippen molar-refractivity contribution < 1.29 is 4.52 Å². The third kappa shape index (κ3) is 2.58. The number of aromatic nitrogens is 3. The molecule has 0 aromatic carbocycles. The second-order valence-electron chi connectivity index (χ2n) is 4.04. The van der Waals surface area contributed by atoms with Crippen molar-refractivity contribution in [3.63, 3.8) is 0 Å². The van der Waals surface area contributed by atoms with E-state index in [1.165, 1.54) is 12.8 Å². The molecule has 2 heterocycles. The quantitative estimate of drug-likeness (QED) is 0.836. The van der Waals surface area contributed by atoms with Gasteiger partial charge < -0.3 is 10.3 Å². The summed E-state index contributed by atoms with van der Waals surface area (Å²) in [5.74, 6) is 2.70. The molecule has 17 heavy (non-hydrogen) atoms. The summed E-state index contributed by atoms with van der Waals surface area (Å²) in [6.07, 6.45) is 4.00. The van der Waals surface area contributed by atoms with Gasteiger partial charge in [-0.05, 0) is 25.0 Å². The van der Waals surface area contributed by atoms with Crippen molar-refractivity contribution in [3.8, 4) is 0 Å². The van der Waals surface area contributed by atoms with Crippen LogP contribution in [0, 0.1) is 0 Å². The molecule has 1 saturated carbocycles. The molecular weight excluding hydrogens is 236 g/mol. The van der Waals surface area contributed by atoms with Crippen molar-refractivity contribution >= 4 is 17.4 Å². The van der Waals surface area contributed by atoms with Gasteiger partial charge in [-0.2, -0.15) is 4.98 Å². The Kier molecular flexibility index (Phi) is 2.72. The van der Waals surface area contributed by atoms with Gasteiger partial charge in [0.15, 0.2) is 5.82 Å². The van der Waals surface area contributed by atoms with Gasteiger partial charge in [-0.25, -0.2) is 4.98 Å². The van der Waals surface area contributed by atoms with E-state index in [0.717, 1.165) is 16.7 Å². The molecule has 0 spiro atoms. The van der Waals surface area contributed by atoms with Gasteiger partial charge in [0, 0.05) is 5.92 Å². The third-order valence-electron chi connectivity index (χ3n) is 2.52. The van der Waals surface area contributed by atoms with E-state index in [1.807, 2.05) is 12.1 Å². The van der Waals surface area contributed by atoms with Gasteiger partial charge in [0.25, 0.3) is 0 Å². The van der Waals surface area contributed by atoms with E-state index in [9.17, 15) is 0 Å². The Hall–Kier alpha value is -1.56. The fourth-order valence-corrected chi connectivity index (χ4v) is 2.12. The minimum Gasteiger partial charge on any atom is -0.397 e. The fourth-order valence-electron chi connectivity index (χ4n) is 1.44. The Balaban J connectivity index is 1.60. The van der Waals surface area contributed by atoms with Crippen LogP contribution in [0.25, 0.3) is 0 Å². The van der Waals surface area contributed by atoms with E-state index in [-0.39, 0.29) is 0 Å². The summed E-state index contributed by atoms with van der Waals surface area (Å²) in [5.41, 5.74) is 6.24. The average Bonchev–Trinajstić information content (AvgIpc) is 3.09. The van der Waals surface area contributed by atoms with Gasteiger partial charge >= 0.3 is 0 Å². The zero-order valence-corrected chi connectivity index (χ0v) is 9.98. The summed E-state index contributed by atoms with van der Waals surface area (Å²) in [6.45, 7) is 0. The van der Waals surface area contributed by atoms with Crippen molar-refractivity contribution in [2.75, 3.05) is 5.73 Å². The summed E-state index contributed by atoms with van der Waals surface area (Å²) >= 11 is 1.58. The smallest absolute Gasteiger partial charge is 0.229 e. The number of hydrogen-bond acceptors (Lipinski definition) is 6. The molecule has 0 saturated heterocycles. The van der Waals surface area contributed by atoms with Crippen LogP contribution in [0.5, 0.6) is 0 Å². The second-order valence-corrected chi connectivity index (χ2v) is 5.04. The lowest BCUT2D eigenvalue weighted by atomic mass is 10.4. The van der Waals surface area contributed by atoms with E-state index in [2.05, 4.69) is 15.1 Å². The maximum Gasteiger partial charge on any atom is 0.229 e. The maximum absolute atomic E-state index is 5.57. The zero-order valence-electron chi connectivity index (χ0n) is 9.17. The summed E-state index contributed by atoms with van der Waals surface area (Å²) in [7, 11) is 0. The number of rotatable bonds is 4. The fraction of sp³-hybridized carbons (Fsp3) is 0.364. The molecule has 0 atom stereocenters. The van der Waals surface area contributed by atoms with Crippen LogP contribution in [0.1, 0.15) is 30.5 Å². The lowest BCUT2D eigenvalue weighted by molar-refractivity contribution is 0.375. The van der Waals surface area contributed by atoms with Crippen LogP contribution in [0.2, 0.25) is 0 Å². The Morgan fingerprint density at radius 1 is 1.41 bits per heavy atom. The van der Waals surface area contributed by atoms with Crippen molar-refractivity contribution in [1.82, 2.24) is 15.1 Å². The number of anilines is 1. The van der Waals surface area contributed by atoms with Gasteiger partial charge in [0.2, 0.25) is 5.89 Å². The van der Waals surface area contributed by atoms with Crippen molar-refractivity contribution in [1.29, 1.82) is 0 Å². The Bertz CT molecular complexity index is 506. The van der Waals surface area contributed by atoms with Gasteiger partial charge in [0.1, 0.15) is 0 Å². The van der Waals surface area contributed by atoms with Crippen molar-refractivity contribution in [2.45, 2.75) is 29.5 Å². The zero-order chi connectivity index (χ0) is 11.7. The number of thioether (sulfide) groups is 1. The molecule has 1 aliphatic rings. The molecule has 1 aliphatic carbocycles. The summed E-state index contributed by atoms with van der Waals surface area (Å²) in [4.78, 5) is 8.55. The van der Waals surface area contributed by atoms with E-state index in [4.69, 9.17) is 10.3 Å². The molecular formula is C11H12N4OS. The predicted molar refractivity (Wildman–Crippen MR) is 64.5 cm³/mol. The molecule has 1 fully saturated rings. The average molecular weight is 248 g/mol. The van der Waals surface area contributed by atoms with Gasteiger partial charge in [-0.1, -0.05) is 16.9 Å². The minimum absolute atomic E-state index is 0.510. The van der Waals surface area contributed by atoms with Crippen LogP contribution in [0.3, 0.4) is 0 Å². The monoisotopic (exact) mass is 248 g/mol. The largest absolute Gasteiger partial charge is 0.397 e. The Morgan fingerprint density at radius 2 is 2.29 bits per heavy atom. The number of hydrogen-bond donors (Lipinski definition) is 1. The van der Waals surface area contributed by atoms with Crippen LogP contribution in [0.15, 0.2) is 27.9 Å². The lowest BCUT2D eigenvalue weighted by Gasteiger charge is -1.97. The lowest BCUT2D eigenvalue weighted by Crippen LogP contribution is -1.89. The van der Waals surface area contributed by atoms with Crippen molar-refractivity contribution in [3.05, 3.63) is 30.0 Å². The summed E-state index contributed by atoms with van der Waals surface area (Å²) < 4.78 is 5.18. The molecule has 88 valence electrons. The molecule has 6 heteroatoms. The van der Waals surface area contributed by atoms with Crippen LogP contribution in [-0.2, 0) is 5.75 Å². The topological polar surface area (TPSA) is 77.8 Å². The van der Waals surface area contributed by atoms with E-state index >= 15 is 0 Å². The highest BCUT2D eigenvalue weighted by Gasteiger charge is 2.29. The normalized spacial score (nSPS) is 15.1. The van der Waals surface area contributed by atoms with Gasteiger partial charge in [-0.15, -0.1) is 0 Å². The molecule has 0 amide bonds. The first-order valence-electron chi connectivity index (χ1n) is 5.48. The molecule has 2 N–H and O–H groups in total. The highest BCUT2D eigenvalue weighted by Crippen LogP contribution is 2.39. The SMILES string of the molecule is Nc1ccc(SCc2noc(C3CC3)n2)nc1. The maximum atomic E-state index is 5.57. The first kappa shape index (κ1) is 10.6. The molecule has 3 rings (SSSR count). The van der Waals surface area contributed by atoms with Crippen LogP contribution < -0.4 is 5.73 Å². The molecule has 0 aliphatic heterocycles. The number of nitrogens with zero attached hydrogens (tertiary/aromatic N) is 3. The van der Waals surface area contributed by atoms with E-state index in [0.29, 0.717) is 17.4 Å². The molecule has 2 aromatic rings. The van der Waals surface area contributed by atoms with E-state index < -0.39 is 0 Å². The highest BCUT2D eigenvalue weighted by molar-refractivity contribution is 7.98. The molecule has 0 bridgehead atoms. The molecule has 0 radical (unpaired) electrons. The third-order valence-corrected chi connectivity index (χ3v) is 3.46. The number of nitrogen functional groups attached to an aromatic ring is 1. The van der Waals surface area contributed by atoms with Crippen LogP contribution >= 0.6 is 11.8 Å². The molecule has 5 nitrogen and oxygen atoms in total. The number of pyridine rings is 1. The highest BCUT2D eigenvalue weighted by atomic mass is 32.2. The van der Waals surface area contributed by atoms with Crippen LogP contribution in [-0.4, -0.2) is 15.1 Å². The van der Waals surface area contributed by atoms with Gasteiger partial charge in [-0.3, -0.25) is 0 Å². The summed E-state index contributed by atoms with van der Waals surface area (Å²) in [5, 5.41) is 4.86. The van der Waals surface area contributed by atoms with Gasteiger partial charge in [0.05, 0.1) is 22.7 Å². The van der Waals surface area contributed by atoms with E-state index in [1.54, 1.807) is 18.0 Å². The summed E-state index contributed by atoms with van der Waals surface area (Å²) in [6, 6.07) is 3.73. The molecule has 0 unspecified atom stereocenters. The first-order valence-corrected chi connectivity index (χ1v) is 6.46. The van der Waals surface area contributed by atoms with Crippen LogP contribution in [0.4, 0.5) is 5.69 Å². The molecule has 2 aromatic heterocycles. The predicted octanol–water partition coefficient (Wildman–Crippen LogP) is 2.22. The second kappa shape index (κ2) is 4.37. The minimum atomic E-state index is 0.510. The number of nitrogens with two attached hydrogens (primary N) is 1. The Morgan fingerprint density at radius 3 is 3.00 bits per heavy atom.